The fourth-order valence-corrected chi connectivity index (χ4v) is 6.43. The van der Waals surface area contributed by atoms with Crippen molar-refractivity contribution in [2.45, 2.75) is 0 Å². The third-order valence-electron chi connectivity index (χ3n) is 9.39. The van der Waals surface area contributed by atoms with Gasteiger partial charge in [0, 0.05) is 44.5 Å². The van der Waals surface area contributed by atoms with Gasteiger partial charge in [-0.1, -0.05) is 23.7 Å². The van der Waals surface area contributed by atoms with Gasteiger partial charge in [0.1, 0.15) is 23.3 Å². The summed E-state index contributed by atoms with van der Waals surface area (Å²) in [7, 11) is 0. The lowest BCUT2D eigenvalue weighted by Crippen LogP contribution is -1.96. The van der Waals surface area contributed by atoms with Crippen molar-refractivity contribution >= 4 is 22.1 Å². The van der Waals surface area contributed by atoms with Crippen LogP contribution in [0.4, 0.5) is 17.6 Å². The summed E-state index contributed by atoms with van der Waals surface area (Å²) in [6, 6.07) is 42.9. The fourth-order valence-electron chi connectivity index (χ4n) is 6.43. The maximum absolute atomic E-state index is 13.8. The average Bonchev–Trinajstić information content (AvgIpc) is 3.25. The van der Waals surface area contributed by atoms with Crippen LogP contribution >= 0.6 is 0 Å². The van der Waals surface area contributed by atoms with E-state index in [9.17, 15) is 17.6 Å². The number of hydrogen-bond acceptors (Lipinski definition) is 4. The predicted molar refractivity (Wildman–Crippen MR) is 219 cm³/mol. The molecular formula is C50H26F4N4. The highest BCUT2D eigenvalue weighted by atomic mass is 19.1. The van der Waals surface area contributed by atoms with Crippen molar-refractivity contribution < 1.29 is 17.6 Å². The Morgan fingerprint density at radius 3 is 0.793 bits per heavy atom. The summed E-state index contributed by atoms with van der Waals surface area (Å²) >= 11 is 0. The van der Waals surface area contributed by atoms with Crippen LogP contribution in [0, 0.1) is 47.0 Å². The molecule has 0 radical (unpaired) electrons. The lowest BCUT2D eigenvalue weighted by molar-refractivity contribution is 0.627. The second-order valence-electron chi connectivity index (χ2n) is 13.4. The number of hydrogen-bond donors (Lipinski definition) is 0. The minimum Gasteiger partial charge on any atom is -0.244 e. The van der Waals surface area contributed by atoms with Crippen LogP contribution in [0.15, 0.2) is 158 Å². The molecule has 0 atom stereocenters. The van der Waals surface area contributed by atoms with Crippen LogP contribution in [-0.2, 0) is 0 Å². The van der Waals surface area contributed by atoms with Crippen LogP contribution in [0.1, 0.15) is 22.3 Å². The van der Waals surface area contributed by atoms with Gasteiger partial charge in [0.05, 0.1) is 44.8 Å². The molecule has 0 saturated carbocycles. The summed E-state index contributed by atoms with van der Waals surface area (Å²) in [5.74, 6) is 11.4. The summed E-state index contributed by atoms with van der Waals surface area (Å²) < 4.78 is 55.0. The second-order valence-corrected chi connectivity index (χ2v) is 13.4. The molecule has 0 bridgehead atoms. The highest BCUT2D eigenvalue weighted by Gasteiger charge is 2.16. The topological polar surface area (TPSA) is 51.6 Å². The molecule has 0 aliphatic rings. The molecule has 274 valence electrons. The van der Waals surface area contributed by atoms with E-state index < -0.39 is 0 Å². The van der Waals surface area contributed by atoms with E-state index in [2.05, 4.69) is 23.7 Å². The van der Waals surface area contributed by atoms with Gasteiger partial charge in [-0.3, -0.25) is 0 Å². The minimum absolute atomic E-state index is 0.358. The van der Waals surface area contributed by atoms with Crippen LogP contribution in [0.25, 0.3) is 67.1 Å². The van der Waals surface area contributed by atoms with Gasteiger partial charge < -0.3 is 0 Å². The molecule has 0 amide bonds. The molecule has 0 aliphatic heterocycles. The van der Waals surface area contributed by atoms with E-state index in [1.54, 1.807) is 48.5 Å². The molecule has 58 heavy (non-hydrogen) atoms. The number of nitrogens with zero attached hydrogens (tertiary/aromatic N) is 4. The van der Waals surface area contributed by atoms with Gasteiger partial charge in [0.2, 0.25) is 0 Å². The van der Waals surface area contributed by atoms with Gasteiger partial charge >= 0.3 is 0 Å². The lowest BCUT2D eigenvalue weighted by atomic mass is 10.0. The van der Waals surface area contributed by atoms with Gasteiger partial charge in [-0.05, 0) is 158 Å². The highest BCUT2D eigenvalue weighted by Crippen LogP contribution is 2.33. The Bertz CT molecular complexity index is 2910. The Labute approximate surface area is 330 Å². The van der Waals surface area contributed by atoms with Crippen LogP contribution in [0.5, 0.6) is 0 Å². The zero-order valence-electron chi connectivity index (χ0n) is 30.3. The number of fused-ring (bicyclic) bond motifs is 2. The number of aromatic nitrogens is 4. The summed E-state index contributed by atoms with van der Waals surface area (Å²) in [4.78, 5) is 19.6. The molecule has 0 unspecified atom stereocenters. The smallest absolute Gasteiger partial charge is 0.123 e. The van der Waals surface area contributed by atoms with Crippen LogP contribution in [0.2, 0.25) is 0 Å². The zero-order chi connectivity index (χ0) is 39.6. The van der Waals surface area contributed by atoms with E-state index in [4.69, 9.17) is 19.9 Å². The Hall–Kier alpha value is -7.94. The number of halogens is 4. The highest BCUT2D eigenvalue weighted by molar-refractivity contribution is 5.88. The van der Waals surface area contributed by atoms with Gasteiger partial charge in [-0.15, -0.1) is 0 Å². The first kappa shape index (κ1) is 35.7. The molecule has 9 rings (SSSR count). The summed E-state index contributed by atoms with van der Waals surface area (Å²) in [5, 5.41) is 0. The van der Waals surface area contributed by atoms with E-state index in [-0.39, 0.29) is 23.3 Å². The minimum atomic E-state index is -0.364. The Morgan fingerprint density at radius 2 is 0.500 bits per heavy atom. The molecule has 8 heteroatoms. The summed E-state index contributed by atoms with van der Waals surface area (Å²) in [5.41, 5.74) is 10.5. The summed E-state index contributed by atoms with van der Waals surface area (Å²) in [6.07, 6.45) is 0. The number of rotatable bonds is 4. The van der Waals surface area contributed by atoms with Crippen molar-refractivity contribution in [1.82, 2.24) is 19.9 Å². The molecule has 2 heterocycles. The van der Waals surface area contributed by atoms with Gasteiger partial charge in [0.25, 0.3) is 0 Å². The number of benzene rings is 7. The normalized spacial score (nSPS) is 10.8. The third-order valence-corrected chi connectivity index (χ3v) is 9.39. The fraction of sp³-hybridized carbons (Fsp3) is 0. The van der Waals surface area contributed by atoms with E-state index >= 15 is 0 Å². The Kier molecular flexibility index (Phi) is 9.43. The largest absolute Gasteiger partial charge is 0.244 e. The first-order valence-corrected chi connectivity index (χ1v) is 18.1. The quantitative estimate of drug-likeness (QED) is 0.132. The maximum Gasteiger partial charge on any atom is 0.123 e. The molecular weight excluding hydrogens is 733 g/mol. The van der Waals surface area contributed by atoms with Crippen molar-refractivity contribution in [2.24, 2.45) is 0 Å². The lowest BCUT2D eigenvalue weighted by Gasteiger charge is -2.11. The maximum atomic E-state index is 13.8. The average molecular weight is 759 g/mol. The van der Waals surface area contributed by atoms with Crippen LogP contribution in [-0.4, -0.2) is 19.9 Å². The van der Waals surface area contributed by atoms with Gasteiger partial charge in [-0.25, -0.2) is 37.5 Å². The van der Waals surface area contributed by atoms with E-state index in [0.717, 1.165) is 22.3 Å². The Morgan fingerprint density at radius 1 is 0.259 bits per heavy atom. The molecule has 0 aliphatic carbocycles. The zero-order valence-corrected chi connectivity index (χ0v) is 30.3. The third kappa shape index (κ3) is 7.64. The molecule has 0 fully saturated rings. The summed E-state index contributed by atoms with van der Waals surface area (Å²) in [6.45, 7) is 0. The molecule has 0 saturated heterocycles. The Balaban J connectivity index is 0.973. The monoisotopic (exact) mass is 758 g/mol. The van der Waals surface area contributed by atoms with Gasteiger partial charge in [0.15, 0.2) is 0 Å². The molecule has 7 aromatic carbocycles. The van der Waals surface area contributed by atoms with E-state index in [0.29, 0.717) is 67.1 Å². The first-order valence-electron chi connectivity index (χ1n) is 18.1. The molecule has 9 aromatic rings. The van der Waals surface area contributed by atoms with Crippen molar-refractivity contribution in [3.63, 3.8) is 0 Å². The van der Waals surface area contributed by atoms with Crippen molar-refractivity contribution in [3.05, 3.63) is 203 Å². The van der Waals surface area contributed by atoms with Crippen molar-refractivity contribution in [2.75, 3.05) is 0 Å². The standard InChI is InChI=1S/C50H26F4N4/c51-39-19-11-35(12-20-39)47-49(37-15-23-41(53)24-16-37)57-45-29-33(9-27-43(45)55-47)7-5-31-1-2-32(4-3-31)6-8-34-10-28-44-46(30-34)58-50(38-17-25-42(54)26-18-38)48(56-44)36-13-21-40(52)22-14-36/h1-4,9-30H. The molecule has 0 N–H and O–H groups in total. The second kappa shape index (κ2) is 15.3. The SMILES string of the molecule is Fc1ccc(-c2nc3ccc(C#Cc4ccc(C#Cc5ccc6nc(-c7ccc(F)cc7)c(-c7ccc(F)cc7)nc6c5)cc4)cc3nc2-c2ccc(F)cc2)cc1. The molecule has 4 nitrogen and oxygen atoms in total. The van der Waals surface area contributed by atoms with E-state index in [1.807, 2.05) is 60.7 Å². The first-order chi connectivity index (χ1) is 28.3. The molecule has 2 aromatic heterocycles. The van der Waals surface area contributed by atoms with Gasteiger partial charge in [-0.2, -0.15) is 0 Å². The van der Waals surface area contributed by atoms with Crippen LogP contribution in [0.3, 0.4) is 0 Å². The predicted octanol–water partition coefficient (Wildman–Crippen LogP) is 11.6. The van der Waals surface area contributed by atoms with Crippen LogP contribution < -0.4 is 0 Å². The van der Waals surface area contributed by atoms with Crippen molar-refractivity contribution in [1.29, 1.82) is 0 Å². The van der Waals surface area contributed by atoms with Crippen molar-refractivity contribution in [3.8, 4) is 68.7 Å². The molecule has 0 spiro atoms. The van der Waals surface area contributed by atoms with E-state index in [1.165, 1.54) is 48.5 Å².